The summed E-state index contributed by atoms with van der Waals surface area (Å²) in [4.78, 5) is 0. The van der Waals surface area contributed by atoms with Crippen molar-refractivity contribution in [2.75, 3.05) is 7.11 Å². The molecule has 0 amide bonds. The van der Waals surface area contributed by atoms with Crippen molar-refractivity contribution in [1.82, 2.24) is 0 Å². The SMILES string of the molecule is C=C(c1ccc([SiH](C)C)cc1)c1ccc([Si](CC)(CC)OC)cc1. The topological polar surface area (TPSA) is 9.23 Å². The minimum atomic E-state index is -1.78. The monoisotopic (exact) mass is 354 g/mol. The van der Waals surface area contributed by atoms with E-state index < -0.39 is 17.1 Å². The predicted octanol–water partition coefficient (Wildman–Crippen LogP) is 4.28. The molecule has 0 bridgehead atoms. The first kappa shape index (κ1) is 18.9. The number of benzene rings is 2. The second-order valence-corrected chi connectivity index (χ2v) is 14.1. The Bertz CT molecular complexity index is 660. The first-order valence-corrected chi connectivity index (χ1v) is 14.1. The van der Waals surface area contributed by atoms with E-state index in [0.717, 1.165) is 17.7 Å². The van der Waals surface area contributed by atoms with Crippen LogP contribution in [0.4, 0.5) is 0 Å². The Morgan fingerprint density at radius 2 is 1.38 bits per heavy atom. The normalized spacial score (nSPS) is 11.8. The van der Waals surface area contributed by atoms with Crippen molar-refractivity contribution >= 4 is 33.1 Å². The maximum Gasteiger partial charge on any atom is 0.223 e. The maximum atomic E-state index is 5.96. The van der Waals surface area contributed by atoms with Crippen molar-refractivity contribution in [1.29, 1.82) is 0 Å². The Balaban J connectivity index is 2.25. The van der Waals surface area contributed by atoms with E-state index in [1.165, 1.54) is 21.5 Å². The minimum Gasteiger partial charge on any atom is -0.416 e. The van der Waals surface area contributed by atoms with Gasteiger partial charge in [-0.2, -0.15) is 0 Å². The maximum absolute atomic E-state index is 5.96. The quantitative estimate of drug-likeness (QED) is 0.674. The molecule has 24 heavy (non-hydrogen) atoms. The average Bonchev–Trinajstić information content (AvgIpc) is 2.63. The zero-order valence-electron chi connectivity index (χ0n) is 15.7. The standard InChI is InChI=1S/C21H30OSi2/c1-7-24(8-2,22-4)21-15-11-19(12-16-21)17(3)18-9-13-20(14-10-18)23(5)6/h9-16,23H,3,7-8H2,1-2,4-6H3. The van der Waals surface area contributed by atoms with Crippen LogP contribution >= 0.6 is 0 Å². The van der Waals surface area contributed by atoms with Gasteiger partial charge in [0.25, 0.3) is 0 Å². The van der Waals surface area contributed by atoms with Crippen LogP contribution in [-0.2, 0) is 4.43 Å². The van der Waals surface area contributed by atoms with Crippen molar-refractivity contribution < 1.29 is 4.43 Å². The highest BCUT2D eigenvalue weighted by Gasteiger charge is 2.31. The van der Waals surface area contributed by atoms with Gasteiger partial charge < -0.3 is 4.43 Å². The molecule has 0 saturated heterocycles. The Hall–Kier alpha value is -1.43. The van der Waals surface area contributed by atoms with Gasteiger partial charge in [0.2, 0.25) is 8.32 Å². The third-order valence-corrected chi connectivity index (χ3v) is 11.4. The molecule has 0 aliphatic carbocycles. The van der Waals surface area contributed by atoms with Crippen molar-refractivity contribution in [3.05, 3.63) is 66.2 Å². The second kappa shape index (κ2) is 8.10. The molecule has 2 aromatic carbocycles. The lowest BCUT2D eigenvalue weighted by Gasteiger charge is -2.27. The van der Waals surface area contributed by atoms with Crippen molar-refractivity contribution in [3.63, 3.8) is 0 Å². The van der Waals surface area contributed by atoms with Crippen LogP contribution in [0.2, 0.25) is 25.2 Å². The summed E-state index contributed by atoms with van der Waals surface area (Å²) in [7, 11) is -0.640. The Morgan fingerprint density at radius 3 is 1.75 bits per heavy atom. The summed E-state index contributed by atoms with van der Waals surface area (Å²) in [5.74, 6) is 0. The van der Waals surface area contributed by atoms with Crippen LogP contribution in [0.15, 0.2) is 55.1 Å². The number of hydrogen-bond donors (Lipinski definition) is 0. The molecule has 2 aromatic rings. The minimum absolute atomic E-state index is 0.731. The molecule has 0 fully saturated rings. The second-order valence-electron chi connectivity index (χ2n) is 6.74. The fourth-order valence-corrected chi connectivity index (χ4v) is 7.14. The summed E-state index contributed by atoms with van der Waals surface area (Å²) >= 11 is 0. The largest absolute Gasteiger partial charge is 0.416 e. The summed E-state index contributed by atoms with van der Waals surface area (Å²) < 4.78 is 5.96. The van der Waals surface area contributed by atoms with E-state index in [1.807, 2.05) is 7.11 Å². The molecule has 0 aliphatic rings. The van der Waals surface area contributed by atoms with E-state index in [1.54, 1.807) is 0 Å². The Morgan fingerprint density at radius 1 is 0.917 bits per heavy atom. The lowest BCUT2D eigenvalue weighted by Crippen LogP contribution is -2.48. The highest BCUT2D eigenvalue weighted by Crippen LogP contribution is 2.22. The van der Waals surface area contributed by atoms with Crippen LogP contribution in [0.5, 0.6) is 0 Å². The highest BCUT2D eigenvalue weighted by molar-refractivity contribution is 6.86. The molecule has 0 aromatic heterocycles. The zero-order chi connectivity index (χ0) is 17.7. The molecule has 0 heterocycles. The molecule has 0 N–H and O–H groups in total. The first-order chi connectivity index (χ1) is 11.5. The average molecular weight is 355 g/mol. The Kier molecular flexibility index (Phi) is 6.38. The molecular formula is C21H30OSi2. The van der Waals surface area contributed by atoms with E-state index in [-0.39, 0.29) is 0 Å². The van der Waals surface area contributed by atoms with Crippen LogP contribution in [0, 0.1) is 0 Å². The smallest absolute Gasteiger partial charge is 0.223 e. The van der Waals surface area contributed by atoms with Gasteiger partial charge in [-0.1, -0.05) is 87.2 Å². The van der Waals surface area contributed by atoms with Crippen molar-refractivity contribution in [2.24, 2.45) is 0 Å². The van der Waals surface area contributed by atoms with Crippen molar-refractivity contribution in [3.8, 4) is 0 Å². The van der Waals surface area contributed by atoms with Gasteiger partial charge in [-0.3, -0.25) is 0 Å². The van der Waals surface area contributed by atoms with Gasteiger partial charge in [0.1, 0.15) is 0 Å². The van der Waals surface area contributed by atoms with E-state index in [2.05, 4.69) is 82.1 Å². The van der Waals surface area contributed by atoms with Gasteiger partial charge in [0, 0.05) is 7.11 Å². The molecule has 1 nitrogen and oxygen atoms in total. The molecule has 3 heteroatoms. The number of rotatable bonds is 7. The van der Waals surface area contributed by atoms with Crippen LogP contribution in [0.3, 0.4) is 0 Å². The zero-order valence-corrected chi connectivity index (χ0v) is 17.9. The summed E-state index contributed by atoms with van der Waals surface area (Å²) in [6.07, 6.45) is 0. The van der Waals surface area contributed by atoms with E-state index >= 15 is 0 Å². The summed E-state index contributed by atoms with van der Waals surface area (Å²) in [6, 6.07) is 20.1. The van der Waals surface area contributed by atoms with Crippen LogP contribution in [-0.4, -0.2) is 24.2 Å². The molecule has 0 unspecified atom stereocenters. The van der Waals surface area contributed by atoms with Gasteiger partial charge in [-0.05, 0) is 34.0 Å². The van der Waals surface area contributed by atoms with E-state index in [0.29, 0.717) is 0 Å². The highest BCUT2D eigenvalue weighted by atomic mass is 28.4. The lowest BCUT2D eigenvalue weighted by molar-refractivity contribution is 0.405. The van der Waals surface area contributed by atoms with E-state index in [9.17, 15) is 0 Å². The molecule has 0 saturated carbocycles. The van der Waals surface area contributed by atoms with Crippen LogP contribution < -0.4 is 10.4 Å². The summed E-state index contributed by atoms with van der Waals surface area (Å²) in [5.41, 5.74) is 3.50. The fourth-order valence-electron chi connectivity index (χ4n) is 3.28. The lowest BCUT2D eigenvalue weighted by atomic mass is 10.00. The fraction of sp³-hybridized carbons (Fsp3) is 0.333. The molecule has 128 valence electrons. The van der Waals surface area contributed by atoms with Gasteiger partial charge >= 0.3 is 0 Å². The molecule has 0 atom stereocenters. The van der Waals surface area contributed by atoms with Crippen LogP contribution in [0.25, 0.3) is 5.57 Å². The Labute approximate surface area is 150 Å². The molecule has 0 spiro atoms. The predicted molar refractivity (Wildman–Crippen MR) is 113 cm³/mol. The third kappa shape index (κ3) is 3.80. The molecular weight excluding hydrogens is 324 g/mol. The van der Waals surface area contributed by atoms with Gasteiger partial charge in [-0.25, -0.2) is 0 Å². The molecule has 0 radical (unpaired) electrons. The van der Waals surface area contributed by atoms with Crippen molar-refractivity contribution in [2.45, 2.75) is 39.0 Å². The first-order valence-electron chi connectivity index (χ1n) is 8.92. The van der Waals surface area contributed by atoms with Gasteiger partial charge in [-0.15, -0.1) is 0 Å². The summed E-state index contributed by atoms with van der Waals surface area (Å²) in [6.45, 7) is 13.5. The van der Waals surface area contributed by atoms with Crippen LogP contribution in [0.1, 0.15) is 25.0 Å². The molecule has 0 aliphatic heterocycles. The van der Waals surface area contributed by atoms with E-state index in [4.69, 9.17) is 4.43 Å². The third-order valence-electron chi connectivity index (χ3n) is 5.22. The van der Waals surface area contributed by atoms with Gasteiger partial charge in [0.05, 0.1) is 8.80 Å². The summed E-state index contributed by atoms with van der Waals surface area (Å²) in [5, 5.41) is 2.89. The molecule has 2 rings (SSSR count). The number of hydrogen-bond acceptors (Lipinski definition) is 1. The van der Waals surface area contributed by atoms with Gasteiger partial charge in [0.15, 0.2) is 0 Å².